The van der Waals surface area contributed by atoms with Crippen molar-refractivity contribution in [1.29, 1.82) is 0 Å². The van der Waals surface area contributed by atoms with Crippen LogP contribution in [0.1, 0.15) is 0 Å². The molecule has 222 valence electrons. The summed E-state index contributed by atoms with van der Waals surface area (Å²) in [6, 6.07) is 53.5. The second-order valence-electron chi connectivity index (χ2n) is 12.5. The number of hydrogen-bond acceptors (Lipinski definition) is 3. The maximum atomic E-state index is 6.80. The Morgan fingerprint density at radius 2 is 1.10 bits per heavy atom. The van der Waals surface area contributed by atoms with E-state index in [1.54, 1.807) is 0 Å². The van der Waals surface area contributed by atoms with Crippen LogP contribution in [0, 0.1) is 0 Å². The summed E-state index contributed by atoms with van der Waals surface area (Å²) in [5.41, 5.74) is 6.58. The number of nitrogens with zero attached hydrogens (tertiary/aromatic N) is 3. The molecule has 11 rings (SSSR count). The molecule has 0 atom stereocenters. The van der Waals surface area contributed by atoms with Gasteiger partial charge in [0, 0.05) is 32.5 Å². The van der Waals surface area contributed by atoms with Gasteiger partial charge in [-0.05, 0) is 56.6 Å². The molecule has 3 heterocycles. The number of rotatable bonds is 2. The zero-order valence-corrected chi connectivity index (χ0v) is 25.7. The molecule has 0 aliphatic heterocycles. The molecule has 0 spiro atoms. The van der Waals surface area contributed by atoms with Gasteiger partial charge in [-0.15, -0.1) is 0 Å². The summed E-state index contributed by atoms with van der Waals surface area (Å²) in [5, 5.41) is 12.6. The average molecular weight is 612 g/mol. The first-order valence-corrected chi connectivity index (χ1v) is 16.3. The van der Waals surface area contributed by atoms with Crippen molar-refractivity contribution in [2.75, 3.05) is 0 Å². The lowest BCUT2D eigenvalue weighted by molar-refractivity contribution is 0.671. The van der Waals surface area contributed by atoms with E-state index in [-0.39, 0.29) is 0 Å². The molecule has 0 aliphatic carbocycles. The van der Waals surface area contributed by atoms with Crippen molar-refractivity contribution in [1.82, 2.24) is 14.5 Å². The monoisotopic (exact) mass is 611 g/mol. The minimum absolute atomic E-state index is 0.615. The zero-order valence-electron chi connectivity index (χ0n) is 25.7. The first-order valence-electron chi connectivity index (χ1n) is 16.3. The normalized spacial score (nSPS) is 12.2. The highest BCUT2D eigenvalue weighted by Crippen LogP contribution is 2.46. The second kappa shape index (κ2) is 9.50. The number of aromatic nitrogens is 3. The van der Waals surface area contributed by atoms with Crippen LogP contribution in [0.3, 0.4) is 0 Å². The fourth-order valence-corrected chi connectivity index (χ4v) is 7.87. The van der Waals surface area contributed by atoms with Crippen LogP contribution in [-0.2, 0) is 0 Å². The minimum atomic E-state index is 0.615. The molecule has 0 saturated carbocycles. The van der Waals surface area contributed by atoms with Crippen molar-refractivity contribution in [2.24, 2.45) is 0 Å². The lowest BCUT2D eigenvalue weighted by atomic mass is 9.98. The van der Waals surface area contributed by atoms with Gasteiger partial charge in [-0.1, -0.05) is 127 Å². The van der Waals surface area contributed by atoms with Crippen LogP contribution in [-0.4, -0.2) is 14.5 Å². The molecule has 0 amide bonds. The van der Waals surface area contributed by atoms with Crippen LogP contribution in [0.4, 0.5) is 0 Å². The van der Waals surface area contributed by atoms with Gasteiger partial charge in [0.1, 0.15) is 11.1 Å². The molecular formula is C44H25N3O. The average Bonchev–Trinajstić information content (AvgIpc) is 3.71. The quantitative estimate of drug-likeness (QED) is 0.183. The molecule has 48 heavy (non-hydrogen) atoms. The van der Waals surface area contributed by atoms with E-state index in [4.69, 9.17) is 14.4 Å². The summed E-state index contributed by atoms with van der Waals surface area (Å²) in [6.45, 7) is 0. The molecule has 4 heteroatoms. The van der Waals surface area contributed by atoms with Crippen LogP contribution >= 0.6 is 0 Å². The molecule has 0 unspecified atom stereocenters. The van der Waals surface area contributed by atoms with Gasteiger partial charge in [-0.25, -0.2) is 9.97 Å². The Morgan fingerprint density at radius 3 is 1.96 bits per heavy atom. The topological polar surface area (TPSA) is 43.9 Å². The van der Waals surface area contributed by atoms with E-state index in [1.165, 1.54) is 21.5 Å². The van der Waals surface area contributed by atoms with E-state index < -0.39 is 0 Å². The van der Waals surface area contributed by atoms with Crippen molar-refractivity contribution >= 4 is 87.0 Å². The van der Waals surface area contributed by atoms with E-state index in [2.05, 4.69) is 150 Å². The van der Waals surface area contributed by atoms with Gasteiger partial charge < -0.3 is 4.42 Å². The highest BCUT2D eigenvalue weighted by molar-refractivity contribution is 6.35. The molecule has 0 radical (unpaired) electrons. The third kappa shape index (κ3) is 3.43. The molecule has 3 aromatic heterocycles. The van der Waals surface area contributed by atoms with E-state index in [9.17, 15) is 0 Å². The van der Waals surface area contributed by atoms with Crippen molar-refractivity contribution in [2.45, 2.75) is 0 Å². The number of furan rings is 1. The summed E-state index contributed by atoms with van der Waals surface area (Å²) in [4.78, 5) is 10.9. The Labute approximate surface area is 274 Å². The fraction of sp³-hybridized carbons (Fsp3) is 0. The molecule has 11 aromatic rings. The van der Waals surface area contributed by atoms with Crippen LogP contribution in [0.15, 0.2) is 156 Å². The summed E-state index contributed by atoms with van der Waals surface area (Å²) >= 11 is 0. The highest BCUT2D eigenvalue weighted by Gasteiger charge is 2.25. The maximum absolute atomic E-state index is 6.80. The number of fused-ring (bicyclic) bond motifs is 14. The van der Waals surface area contributed by atoms with E-state index in [1.807, 2.05) is 6.07 Å². The smallest absolute Gasteiger partial charge is 0.235 e. The molecule has 8 aromatic carbocycles. The molecule has 4 nitrogen and oxygen atoms in total. The maximum Gasteiger partial charge on any atom is 0.235 e. The Morgan fingerprint density at radius 1 is 0.458 bits per heavy atom. The number of para-hydroxylation sites is 2. The van der Waals surface area contributed by atoms with Gasteiger partial charge in [0.05, 0.1) is 16.7 Å². The first kappa shape index (κ1) is 25.6. The van der Waals surface area contributed by atoms with E-state index >= 15 is 0 Å². The molecule has 0 N–H and O–H groups in total. The van der Waals surface area contributed by atoms with Crippen LogP contribution < -0.4 is 0 Å². The molecule has 0 bridgehead atoms. The van der Waals surface area contributed by atoms with Crippen LogP contribution in [0.25, 0.3) is 104 Å². The van der Waals surface area contributed by atoms with Crippen LogP contribution in [0.5, 0.6) is 0 Å². The lowest BCUT2D eigenvalue weighted by Gasteiger charge is -2.14. The van der Waals surface area contributed by atoms with Gasteiger partial charge >= 0.3 is 0 Å². The van der Waals surface area contributed by atoms with Gasteiger partial charge in [0.15, 0.2) is 5.58 Å². The van der Waals surface area contributed by atoms with Crippen molar-refractivity contribution in [3.8, 4) is 17.2 Å². The fourth-order valence-electron chi connectivity index (χ4n) is 7.87. The SMILES string of the molecule is c1ccc2cc(-c3nc(-n4c5ccccc5c5c6ccccc6c6c7ccccc7oc6c54)nc4ccc5ccccc5c34)ccc2c1. The zero-order chi connectivity index (χ0) is 31.3. The van der Waals surface area contributed by atoms with E-state index in [0.29, 0.717) is 5.95 Å². The molecule has 0 aliphatic rings. The summed E-state index contributed by atoms with van der Waals surface area (Å²) < 4.78 is 9.02. The van der Waals surface area contributed by atoms with Crippen molar-refractivity contribution in [3.63, 3.8) is 0 Å². The lowest BCUT2D eigenvalue weighted by Crippen LogP contribution is -2.04. The Balaban J connectivity index is 1.35. The van der Waals surface area contributed by atoms with Gasteiger partial charge in [0.2, 0.25) is 5.95 Å². The number of benzene rings is 8. The van der Waals surface area contributed by atoms with E-state index in [0.717, 1.165) is 76.7 Å². The third-order valence-corrected chi connectivity index (χ3v) is 9.95. The predicted octanol–water partition coefficient (Wildman–Crippen LogP) is 11.8. The van der Waals surface area contributed by atoms with Gasteiger partial charge in [0.25, 0.3) is 0 Å². The Hall–Kier alpha value is -6.52. The van der Waals surface area contributed by atoms with Gasteiger partial charge in [-0.3, -0.25) is 4.57 Å². The van der Waals surface area contributed by atoms with Crippen molar-refractivity contribution in [3.05, 3.63) is 152 Å². The van der Waals surface area contributed by atoms with Gasteiger partial charge in [-0.2, -0.15) is 0 Å². The predicted molar refractivity (Wildman–Crippen MR) is 199 cm³/mol. The number of hydrogen-bond donors (Lipinski definition) is 0. The minimum Gasteiger partial charge on any atom is -0.454 e. The second-order valence-corrected chi connectivity index (χ2v) is 12.5. The molecule has 0 saturated heterocycles. The Kier molecular flexibility index (Phi) is 5.08. The largest absolute Gasteiger partial charge is 0.454 e. The summed E-state index contributed by atoms with van der Waals surface area (Å²) in [6.07, 6.45) is 0. The summed E-state index contributed by atoms with van der Waals surface area (Å²) in [5.74, 6) is 0.615. The van der Waals surface area contributed by atoms with Crippen molar-refractivity contribution < 1.29 is 4.42 Å². The molecule has 0 fully saturated rings. The first-order chi connectivity index (χ1) is 23.8. The summed E-state index contributed by atoms with van der Waals surface area (Å²) in [7, 11) is 0. The highest BCUT2D eigenvalue weighted by atomic mass is 16.3. The van der Waals surface area contributed by atoms with Crippen LogP contribution in [0.2, 0.25) is 0 Å². The molecular weight excluding hydrogens is 587 g/mol. The standard InChI is InChI=1S/C44H25N3O/c1-2-13-28-25-29(22-21-26(28)11-1)41-40-30-14-4-3-12-27(30)23-24-35(40)45-44(46-41)47-36-19-9-7-17-33(36)38-31-15-5-6-16-32(31)39-34-18-8-10-20-37(34)48-43(39)42(38)47/h1-25H. The third-order valence-electron chi connectivity index (χ3n) is 9.95. The Bertz CT molecular complexity index is 3130.